The maximum Gasteiger partial charge on any atom is 0.102 e. The van der Waals surface area contributed by atoms with Crippen molar-refractivity contribution in [1.29, 1.82) is 5.26 Å². The summed E-state index contributed by atoms with van der Waals surface area (Å²) >= 11 is 0. The molecule has 3 nitrogen and oxygen atoms in total. The topological polar surface area (TPSA) is 62.7 Å². The van der Waals surface area contributed by atoms with Gasteiger partial charge in [0.25, 0.3) is 0 Å². The van der Waals surface area contributed by atoms with Crippen molar-refractivity contribution in [2.75, 3.05) is 0 Å². The summed E-state index contributed by atoms with van der Waals surface area (Å²) in [7, 11) is 0. The molecule has 0 atom stereocenters. The zero-order valence-corrected chi connectivity index (χ0v) is 10.8. The number of allylic oxidation sites excluding steroid dienone is 1. The number of hydrogen-bond acceptors (Lipinski definition) is 3. The average molecular weight is 249 g/mol. The normalized spacial score (nSPS) is 11.6. The fourth-order valence-corrected chi connectivity index (χ4v) is 1.86. The summed E-state index contributed by atoms with van der Waals surface area (Å²) in [5.74, 6) is 0. The fraction of sp³-hybridized carbons (Fsp3) is 0.125. The molecule has 0 spiro atoms. The number of nitriles is 1. The van der Waals surface area contributed by atoms with Gasteiger partial charge in [-0.2, -0.15) is 5.26 Å². The molecule has 0 aliphatic carbocycles. The SMILES string of the molecule is CCc1ccc(/C(N)=C(/C#N)c2cccnc2)cc1. The van der Waals surface area contributed by atoms with Crippen LogP contribution < -0.4 is 5.73 Å². The van der Waals surface area contributed by atoms with E-state index in [2.05, 4.69) is 18.0 Å². The first-order valence-electron chi connectivity index (χ1n) is 6.15. The second-order valence-electron chi connectivity index (χ2n) is 4.19. The maximum absolute atomic E-state index is 9.30. The number of benzene rings is 1. The van der Waals surface area contributed by atoms with Crippen LogP contribution in [0.3, 0.4) is 0 Å². The number of nitrogens with two attached hydrogens (primary N) is 1. The molecule has 1 heterocycles. The molecule has 2 aromatic rings. The van der Waals surface area contributed by atoms with Crippen molar-refractivity contribution in [1.82, 2.24) is 4.98 Å². The molecule has 2 N–H and O–H groups in total. The Morgan fingerprint density at radius 3 is 2.47 bits per heavy atom. The maximum atomic E-state index is 9.30. The third-order valence-electron chi connectivity index (χ3n) is 3.00. The van der Waals surface area contributed by atoms with Crippen molar-refractivity contribution in [2.45, 2.75) is 13.3 Å². The average Bonchev–Trinajstić information content (AvgIpc) is 2.49. The van der Waals surface area contributed by atoms with Gasteiger partial charge in [-0.15, -0.1) is 0 Å². The number of rotatable bonds is 3. The van der Waals surface area contributed by atoms with E-state index in [0.717, 1.165) is 17.5 Å². The number of pyridine rings is 1. The van der Waals surface area contributed by atoms with E-state index >= 15 is 0 Å². The van der Waals surface area contributed by atoms with Crippen LogP contribution in [0, 0.1) is 11.3 Å². The summed E-state index contributed by atoms with van der Waals surface area (Å²) in [6, 6.07) is 13.7. The van der Waals surface area contributed by atoms with Gasteiger partial charge in [0.1, 0.15) is 6.07 Å². The minimum atomic E-state index is 0.456. The van der Waals surface area contributed by atoms with Crippen LogP contribution in [-0.4, -0.2) is 4.98 Å². The van der Waals surface area contributed by atoms with E-state index in [-0.39, 0.29) is 0 Å². The standard InChI is InChI=1S/C16H15N3/c1-2-12-5-7-13(8-6-12)16(18)15(10-17)14-4-3-9-19-11-14/h3-9,11H,2,18H2,1H3/b16-15+. The van der Waals surface area contributed by atoms with Crippen molar-refractivity contribution in [2.24, 2.45) is 5.73 Å². The quantitative estimate of drug-likeness (QED) is 0.850. The Morgan fingerprint density at radius 2 is 1.95 bits per heavy atom. The summed E-state index contributed by atoms with van der Waals surface area (Å²) < 4.78 is 0. The molecule has 0 aliphatic rings. The molecule has 0 bridgehead atoms. The van der Waals surface area contributed by atoms with Gasteiger partial charge >= 0.3 is 0 Å². The first kappa shape index (κ1) is 12.8. The zero-order valence-electron chi connectivity index (χ0n) is 10.8. The number of hydrogen-bond donors (Lipinski definition) is 1. The lowest BCUT2D eigenvalue weighted by Gasteiger charge is -2.07. The Labute approximate surface area is 113 Å². The van der Waals surface area contributed by atoms with Crippen LogP contribution in [-0.2, 0) is 6.42 Å². The molecule has 0 fully saturated rings. The highest BCUT2D eigenvalue weighted by atomic mass is 14.6. The van der Waals surface area contributed by atoms with Crippen molar-refractivity contribution in [3.05, 3.63) is 65.5 Å². The Bertz CT molecular complexity index is 619. The molecule has 0 unspecified atom stereocenters. The molecule has 0 aliphatic heterocycles. The third-order valence-corrected chi connectivity index (χ3v) is 3.00. The molecule has 0 saturated heterocycles. The van der Waals surface area contributed by atoms with Gasteiger partial charge in [-0.25, -0.2) is 0 Å². The molecular formula is C16H15N3. The molecular weight excluding hydrogens is 234 g/mol. The summed E-state index contributed by atoms with van der Waals surface area (Å²) in [5, 5.41) is 9.30. The number of aryl methyl sites for hydroxylation is 1. The molecule has 94 valence electrons. The van der Waals surface area contributed by atoms with Crippen molar-refractivity contribution in [3.8, 4) is 6.07 Å². The van der Waals surface area contributed by atoms with Crippen LogP contribution in [0.25, 0.3) is 11.3 Å². The van der Waals surface area contributed by atoms with E-state index in [0.29, 0.717) is 11.3 Å². The Hall–Kier alpha value is -2.60. The Balaban J connectivity index is 2.46. The summed E-state index contributed by atoms with van der Waals surface area (Å²) in [6.45, 7) is 2.10. The van der Waals surface area contributed by atoms with Crippen LogP contribution >= 0.6 is 0 Å². The summed E-state index contributed by atoms with van der Waals surface area (Å²) in [5.41, 5.74) is 9.89. The summed E-state index contributed by atoms with van der Waals surface area (Å²) in [4.78, 5) is 4.02. The van der Waals surface area contributed by atoms with Crippen LogP contribution in [0.5, 0.6) is 0 Å². The van der Waals surface area contributed by atoms with E-state index in [9.17, 15) is 5.26 Å². The van der Waals surface area contributed by atoms with Gasteiger partial charge in [-0.3, -0.25) is 4.98 Å². The van der Waals surface area contributed by atoms with Gasteiger partial charge in [0.15, 0.2) is 0 Å². The molecule has 1 aromatic carbocycles. The molecule has 0 saturated carbocycles. The molecule has 2 rings (SSSR count). The van der Waals surface area contributed by atoms with E-state index < -0.39 is 0 Å². The van der Waals surface area contributed by atoms with Crippen molar-refractivity contribution in [3.63, 3.8) is 0 Å². The van der Waals surface area contributed by atoms with Gasteiger partial charge in [-0.05, 0) is 23.6 Å². The highest BCUT2D eigenvalue weighted by molar-refractivity contribution is 5.95. The van der Waals surface area contributed by atoms with Crippen LogP contribution in [0.15, 0.2) is 48.8 Å². The minimum Gasteiger partial charge on any atom is -0.397 e. The molecule has 0 radical (unpaired) electrons. The third kappa shape index (κ3) is 2.80. The van der Waals surface area contributed by atoms with Gasteiger partial charge in [0.05, 0.1) is 11.3 Å². The van der Waals surface area contributed by atoms with Crippen LogP contribution in [0.4, 0.5) is 0 Å². The lowest BCUT2D eigenvalue weighted by molar-refractivity contribution is 1.14. The fourth-order valence-electron chi connectivity index (χ4n) is 1.86. The van der Waals surface area contributed by atoms with Gasteiger partial charge in [0, 0.05) is 18.0 Å². The predicted octanol–water partition coefficient (Wildman–Crippen LogP) is 2.99. The number of nitrogens with zero attached hydrogens (tertiary/aromatic N) is 2. The predicted molar refractivity (Wildman–Crippen MR) is 76.7 cm³/mol. The first-order valence-corrected chi connectivity index (χ1v) is 6.15. The van der Waals surface area contributed by atoms with Gasteiger partial charge in [0.2, 0.25) is 0 Å². The van der Waals surface area contributed by atoms with E-state index in [1.54, 1.807) is 18.5 Å². The summed E-state index contributed by atoms with van der Waals surface area (Å²) in [6.07, 6.45) is 4.30. The minimum absolute atomic E-state index is 0.456. The van der Waals surface area contributed by atoms with E-state index in [1.807, 2.05) is 30.3 Å². The smallest absolute Gasteiger partial charge is 0.102 e. The number of aromatic nitrogens is 1. The highest BCUT2D eigenvalue weighted by Gasteiger charge is 2.08. The Kier molecular flexibility index (Phi) is 3.94. The molecule has 3 heteroatoms. The van der Waals surface area contributed by atoms with Crippen molar-refractivity contribution >= 4 is 11.3 Å². The molecule has 19 heavy (non-hydrogen) atoms. The zero-order chi connectivity index (χ0) is 13.7. The largest absolute Gasteiger partial charge is 0.397 e. The van der Waals surface area contributed by atoms with E-state index in [1.165, 1.54) is 5.56 Å². The first-order chi connectivity index (χ1) is 9.26. The molecule has 1 aromatic heterocycles. The monoisotopic (exact) mass is 249 g/mol. The van der Waals surface area contributed by atoms with Crippen LogP contribution in [0.2, 0.25) is 0 Å². The molecule has 0 amide bonds. The lowest BCUT2D eigenvalue weighted by Crippen LogP contribution is -2.01. The Morgan fingerprint density at radius 1 is 1.21 bits per heavy atom. The second kappa shape index (κ2) is 5.83. The highest BCUT2D eigenvalue weighted by Crippen LogP contribution is 2.21. The second-order valence-corrected chi connectivity index (χ2v) is 4.19. The van der Waals surface area contributed by atoms with Gasteiger partial charge < -0.3 is 5.73 Å². The lowest BCUT2D eigenvalue weighted by atomic mass is 10.0. The van der Waals surface area contributed by atoms with Crippen molar-refractivity contribution < 1.29 is 0 Å². The van der Waals surface area contributed by atoms with Crippen LogP contribution in [0.1, 0.15) is 23.6 Å². The van der Waals surface area contributed by atoms with E-state index in [4.69, 9.17) is 5.73 Å². The van der Waals surface area contributed by atoms with Gasteiger partial charge in [-0.1, -0.05) is 37.3 Å².